The molecule has 1 rings (SSSR count). The highest BCUT2D eigenvalue weighted by Crippen LogP contribution is 2.44. The van der Waals surface area contributed by atoms with Gasteiger partial charge in [-0.05, 0) is 18.4 Å². The number of hydrogen-bond donors (Lipinski definition) is 1. The standard InChI is InChI=1S/C16H25F2NO3Si/c1-15(2,3)13(23(5)6)16(4,14(20)21)22-11-8-7-10(9-19-11)12(17)18/h7-9,12-13,23H,1-6H3,(H,20,21). The molecule has 130 valence electrons. The lowest BCUT2D eigenvalue weighted by molar-refractivity contribution is -0.156. The zero-order valence-corrected chi connectivity index (χ0v) is 15.6. The summed E-state index contributed by atoms with van der Waals surface area (Å²) < 4.78 is 30.9. The molecule has 4 nitrogen and oxygen atoms in total. The third-order valence-electron chi connectivity index (χ3n) is 3.95. The first-order valence-corrected chi connectivity index (χ1v) is 10.5. The van der Waals surface area contributed by atoms with Crippen molar-refractivity contribution in [3.05, 3.63) is 23.9 Å². The van der Waals surface area contributed by atoms with Gasteiger partial charge >= 0.3 is 5.97 Å². The molecular formula is C16H25F2NO3Si. The number of alkyl halides is 2. The van der Waals surface area contributed by atoms with Gasteiger partial charge in [0.1, 0.15) is 0 Å². The number of carboxylic acid groups (broad SMARTS) is 1. The molecule has 0 spiro atoms. The molecule has 0 aliphatic carbocycles. The van der Waals surface area contributed by atoms with Gasteiger partial charge in [-0.2, -0.15) is 0 Å². The zero-order chi connectivity index (χ0) is 18.0. The van der Waals surface area contributed by atoms with Crippen LogP contribution in [0.15, 0.2) is 18.3 Å². The Morgan fingerprint density at radius 2 is 1.83 bits per heavy atom. The maximum Gasteiger partial charge on any atom is 0.347 e. The molecule has 0 amide bonds. The van der Waals surface area contributed by atoms with E-state index in [1.807, 2.05) is 20.8 Å². The van der Waals surface area contributed by atoms with E-state index in [1.54, 1.807) is 6.92 Å². The second-order valence-corrected chi connectivity index (χ2v) is 10.5. The van der Waals surface area contributed by atoms with Crippen molar-refractivity contribution < 1.29 is 23.4 Å². The minimum atomic E-state index is -2.62. The third kappa shape index (κ3) is 4.50. The summed E-state index contributed by atoms with van der Waals surface area (Å²) >= 11 is 0. The van der Waals surface area contributed by atoms with Crippen LogP contribution in [0.5, 0.6) is 5.88 Å². The molecule has 1 heterocycles. The van der Waals surface area contributed by atoms with Gasteiger partial charge in [-0.3, -0.25) is 0 Å². The summed E-state index contributed by atoms with van der Waals surface area (Å²) in [4.78, 5) is 15.8. The van der Waals surface area contributed by atoms with Gasteiger partial charge in [-0.15, -0.1) is 0 Å². The summed E-state index contributed by atoms with van der Waals surface area (Å²) in [6, 6.07) is 2.50. The lowest BCUT2D eigenvalue weighted by Gasteiger charge is -2.43. The molecule has 1 N–H and O–H groups in total. The summed E-state index contributed by atoms with van der Waals surface area (Å²) in [6.07, 6.45) is -1.60. The predicted octanol–water partition coefficient (Wildman–Crippen LogP) is 4.14. The molecule has 0 fully saturated rings. The van der Waals surface area contributed by atoms with Crippen LogP contribution in [-0.4, -0.2) is 30.5 Å². The van der Waals surface area contributed by atoms with Gasteiger partial charge in [0.05, 0.1) is 0 Å². The van der Waals surface area contributed by atoms with E-state index in [0.717, 1.165) is 6.20 Å². The Kier molecular flexibility index (Phi) is 5.90. The Bertz CT molecular complexity index is 543. The number of rotatable bonds is 6. The van der Waals surface area contributed by atoms with E-state index >= 15 is 0 Å². The summed E-state index contributed by atoms with van der Waals surface area (Å²) in [5.41, 5.74) is -2.13. The second-order valence-electron chi connectivity index (χ2n) is 7.33. The fourth-order valence-corrected chi connectivity index (χ4v) is 6.98. The van der Waals surface area contributed by atoms with E-state index in [-0.39, 0.29) is 22.4 Å². The summed E-state index contributed by atoms with van der Waals surface area (Å²) in [7, 11) is -1.41. The lowest BCUT2D eigenvalue weighted by atomic mass is 9.81. The predicted molar refractivity (Wildman–Crippen MR) is 87.9 cm³/mol. The van der Waals surface area contributed by atoms with Gasteiger partial charge in [0.15, 0.2) is 0 Å². The molecule has 0 saturated carbocycles. The SMILES string of the molecule is C[SiH](C)C(C(C)(C)C)C(C)(Oc1ccc(C(F)F)cn1)C(=O)O. The quantitative estimate of drug-likeness (QED) is 0.787. The van der Waals surface area contributed by atoms with Crippen LogP contribution >= 0.6 is 0 Å². The van der Waals surface area contributed by atoms with Crippen molar-refractivity contribution in [1.29, 1.82) is 0 Å². The first-order valence-electron chi connectivity index (χ1n) is 7.56. The smallest absolute Gasteiger partial charge is 0.347 e. The van der Waals surface area contributed by atoms with Crippen molar-refractivity contribution in [2.75, 3.05) is 0 Å². The van der Waals surface area contributed by atoms with Crippen LogP contribution in [0.4, 0.5) is 8.78 Å². The van der Waals surface area contributed by atoms with E-state index in [4.69, 9.17) is 4.74 Å². The van der Waals surface area contributed by atoms with Crippen molar-refractivity contribution in [1.82, 2.24) is 4.98 Å². The van der Waals surface area contributed by atoms with Crippen LogP contribution in [0.1, 0.15) is 39.7 Å². The Labute approximate surface area is 137 Å². The molecule has 1 aromatic heterocycles. The highest BCUT2D eigenvalue weighted by molar-refractivity contribution is 6.58. The zero-order valence-electron chi connectivity index (χ0n) is 14.4. The molecule has 0 radical (unpaired) electrons. The van der Waals surface area contributed by atoms with E-state index in [2.05, 4.69) is 18.1 Å². The summed E-state index contributed by atoms with van der Waals surface area (Å²) in [5, 5.41) is 9.77. The number of halogens is 2. The van der Waals surface area contributed by atoms with Gasteiger partial charge in [0.25, 0.3) is 6.43 Å². The summed E-state index contributed by atoms with van der Waals surface area (Å²) in [6.45, 7) is 11.7. The molecule has 0 bridgehead atoms. The number of hydrogen-bond acceptors (Lipinski definition) is 3. The first-order chi connectivity index (χ1) is 10.4. The first kappa shape index (κ1) is 19.5. The molecule has 2 atom stereocenters. The van der Waals surface area contributed by atoms with Gasteiger partial charge in [0, 0.05) is 32.2 Å². The van der Waals surface area contributed by atoms with Crippen LogP contribution in [0.2, 0.25) is 18.6 Å². The number of pyridine rings is 1. The molecule has 0 saturated heterocycles. The van der Waals surface area contributed by atoms with Crippen molar-refractivity contribution in [3.63, 3.8) is 0 Å². The molecule has 0 aliphatic heterocycles. The monoisotopic (exact) mass is 345 g/mol. The highest BCUT2D eigenvalue weighted by Gasteiger charge is 2.51. The van der Waals surface area contributed by atoms with Crippen LogP contribution in [0.3, 0.4) is 0 Å². The highest BCUT2D eigenvalue weighted by atomic mass is 28.3. The maximum absolute atomic E-state index is 12.6. The maximum atomic E-state index is 12.6. The lowest BCUT2D eigenvalue weighted by Crippen LogP contribution is -2.53. The van der Waals surface area contributed by atoms with Crippen molar-refractivity contribution >= 4 is 14.8 Å². The van der Waals surface area contributed by atoms with Crippen LogP contribution in [0, 0.1) is 5.41 Å². The largest absolute Gasteiger partial charge is 0.478 e. The molecule has 7 heteroatoms. The van der Waals surface area contributed by atoms with Crippen LogP contribution < -0.4 is 4.74 Å². The Balaban J connectivity index is 3.21. The molecule has 1 aromatic rings. The molecular weight excluding hydrogens is 320 g/mol. The minimum absolute atomic E-state index is 0.0446. The Morgan fingerprint density at radius 3 is 2.13 bits per heavy atom. The van der Waals surface area contributed by atoms with E-state index < -0.39 is 26.8 Å². The average molecular weight is 345 g/mol. The fourth-order valence-electron chi connectivity index (χ4n) is 3.50. The van der Waals surface area contributed by atoms with Gasteiger partial charge in [-0.25, -0.2) is 18.6 Å². The normalized spacial score (nSPS) is 16.3. The summed E-state index contributed by atoms with van der Waals surface area (Å²) in [5.74, 6) is -1.03. The Hall–Kier alpha value is -1.50. The average Bonchev–Trinajstić information content (AvgIpc) is 2.36. The molecule has 23 heavy (non-hydrogen) atoms. The van der Waals surface area contributed by atoms with Crippen molar-refractivity contribution in [3.8, 4) is 5.88 Å². The third-order valence-corrected chi connectivity index (χ3v) is 6.92. The fraction of sp³-hybridized carbons (Fsp3) is 0.625. The van der Waals surface area contributed by atoms with Gasteiger partial charge in [0.2, 0.25) is 11.5 Å². The van der Waals surface area contributed by atoms with E-state index in [0.29, 0.717) is 0 Å². The topological polar surface area (TPSA) is 59.4 Å². The number of ether oxygens (including phenoxy) is 1. The molecule has 2 unspecified atom stereocenters. The van der Waals surface area contributed by atoms with Gasteiger partial charge in [-0.1, -0.05) is 33.9 Å². The number of aromatic nitrogens is 1. The number of aliphatic carboxylic acids is 1. The van der Waals surface area contributed by atoms with E-state index in [9.17, 15) is 18.7 Å². The molecule has 0 aromatic carbocycles. The number of carbonyl (C=O) groups is 1. The van der Waals surface area contributed by atoms with E-state index in [1.165, 1.54) is 12.1 Å². The van der Waals surface area contributed by atoms with Crippen LogP contribution in [-0.2, 0) is 4.79 Å². The second kappa shape index (κ2) is 6.94. The number of nitrogens with zero attached hydrogens (tertiary/aromatic N) is 1. The Morgan fingerprint density at radius 1 is 1.26 bits per heavy atom. The van der Waals surface area contributed by atoms with Crippen molar-refractivity contribution in [2.45, 2.75) is 58.4 Å². The number of carboxylic acids is 1. The van der Waals surface area contributed by atoms with Gasteiger partial charge < -0.3 is 9.84 Å². The van der Waals surface area contributed by atoms with Crippen LogP contribution in [0.25, 0.3) is 0 Å². The van der Waals surface area contributed by atoms with Crippen molar-refractivity contribution in [2.24, 2.45) is 5.41 Å². The molecule has 0 aliphatic rings. The minimum Gasteiger partial charge on any atom is -0.478 e.